The van der Waals surface area contributed by atoms with E-state index in [4.69, 9.17) is 0 Å². The minimum absolute atomic E-state index is 0.0612. The van der Waals surface area contributed by atoms with Crippen LogP contribution >= 0.6 is 0 Å². The average molecular weight is 598 g/mol. The van der Waals surface area contributed by atoms with E-state index in [1.807, 2.05) is 57.0 Å². The number of rotatable bonds is 5. The number of benzene rings is 2. The van der Waals surface area contributed by atoms with Gasteiger partial charge in [0.2, 0.25) is 11.8 Å². The quantitative estimate of drug-likeness (QED) is 0.347. The number of nitrogens with zero attached hydrogens (tertiary/aromatic N) is 2. The summed E-state index contributed by atoms with van der Waals surface area (Å²) in [7, 11) is 0. The van der Waals surface area contributed by atoms with Crippen molar-refractivity contribution in [3.05, 3.63) is 71.4 Å². The van der Waals surface area contributed by atoms with E-state index in [0.717, 1.165) is 61.7 Å². The predicted molar refractivity (Wildman–Crippen MR) is 174 cm³/mol. The molecule has 1 aliphatic carbocycles. The van der Waals surface area contributed by atoms with Crippen molar-refractivity contribution in [1.82, 2.24) is 25.4 Å². The van der Waals surface area contributed by atoms with Crippen LogP contribution in [0.4, 0.5) is 4.79 Å². The highest BCUT2D eigenvalue weighted by Crippen LogP contribution is 2.52. The van der Waals surface area contributed by atoms with E-state index in [1.54, 1.807) is 0 Å². The maximum absolute atomic E-state index is 14.3. The first-order chi connectivity index (χ1) is 21.1. The summed E-state index contributed by atoms with van der Waals surface area (Å²) < 4.78 is 0. The Labute approximate surface area is 260 Å². The Hall–Kier alpha value is -3.81. The molecular weight excluding hydrogens is 550 g/mol. The van der Waals surface area contributed by atoms with E-state index in [2.05, 4.69) is 50.8 Å². The van der Waals surface area contributed by atoms with Crippen LogP contribution in [0.2, 0.25) is 0 Å². The highest BCUT2D eigenvalue weighted by atomic mass is 16.2. The molecule has 2 fully saturated rings. The lowest BCUT2D eigenvalue weighted by Crippen LogP contribution is -2.57. The van der Waals surface area contributed by atoms with Gasteiger partial charge in [-0.3, -0.25) is 9.59 Å². The number of carbonyl (C=O) groups is 3. The van der Waals surface area contributed by atoms with Crippen molar-refractivity contribution in [2.24, 2.45) is 0 Å². The Morgan fingerprint density at radius 1 is 0.909 bits per heavy atom. The van der Waals surface area contributed by atoms with Gasteiger partial charge in [-0.1, -0.05) is 49.4 Å². The molecule has 2 saturated heterocycles. The van der Waals surface area contributed by atoms with Crippen molar-refractivity contribution >= 4 is 28.7 Å². The predicted octanol–water partition coefficient (Wildman–Crippen LogP) is 5.80. The summed E-state index contributed by atoms with van der Waals surface area (Å²) in [6.45, 7) is 10.7. The zero-order valence-electron chi connectivity index (χ0n) is 26.6. The monoisotopic (exact) mass is 597 g/mol. The number of H-pyrrole nitrogens is 1. The van der Waals surface area contributed by atoms with Crippen molar-refractivity contribution in [2.45, 2.75) is 95.1 Å². The summed E-state index contributed by atoms with van der Waals surface area (Å²) in [6.07, 6.45) is 7.75. The number of piperidine rings is 2. The van der Waals surface area contributed by atoms with E-state index in [9.17, 15) is 14.4 Å². The number of hydrogen-bond donors (Lipinski definition) is 3. The van der Waals surface area contributed by atoms with Gasteiger partial charge in [0, 0.05) is 60.2 Å². The topological polar surface area (TPSA) is 97.5 Å². The number of para-hydroxylation sites is 1. The Morgan fingerprint density at radius 3 is 2.32 bits per heavy atom. The third-order valence-electron chi connectivity index (χ3n) is 10.2. The number of likely N-dealkylation sites (tertiary alicyclic amines) is 2. The molecule has 234 valence electrons. The van der Waals surface area contributed by atoms with Crippen LogP contribution < -0.4 is 10.6 Å². The molecule has 3 unspecified atom stereocenters. The van der Waals surface area contributed by atoms with Gasteiger partial charge in [-0.05, 0) is 82.1 Å². The van der Waals surface area contributed by atoms with Crippen LogP contribution in [0.3, 0.4) is 0 Å². The largest absolute Gasteiger partial charge is 0.361 e. The van der Waals surface area contributed by atoms with Crippen LogP contribution in [0.1, 0.15) is 94.7 Å². The van der Waals surface area contributed by atoms with Gasteiger partial charge in [0.25, 0.3) is 0 Å². The summed E-state index contributed by atoms with van der Waals surface area (Å²) in [4.78, 5) is 48.5. The molecule has 3 aliphatic rings. The Kier molecular flexibility index (Phi) is 8.20. The highest BCUT2D eigenvalue weighted by molar-refractivity contribution is 5.91. The van der Waals surface area contributed by atoms with Crippen molar-refractivity contribution in [3.8, 4) is 0 Å². The van der Waals surface area contributed by atoms with Gasteiger partial charge in [-0.15, -0.1) is 0 Å². The van der Waals surface area contributed by atoms with Gasteiger partial charge in [-0.25, -0.2) is 4.79 Å². The van der Waals surface area contributed by atoms with Crippen LogP contribution in [-0.4, -0.2) is 70.4 Å². The number of amides is 4. The minimum Gasteiger partial charge on any atom is -0.361 e. The molecule has 3 N–H and O–H groups in total. The molecule has 0 bridgehead atoms. The third kappa shape index (κ3) is 5.83. The molecule has 1 spiro atoms. The lowest BCUT2D eigenvalue weighted by molar-refractivity contribution is -0.136. The number of aromatic amines is 1. The van der Waals surface area contributed by atoms with E-state index in [1.165, 1.54) is 17.5 Å². The summed E-state index contributed by atoms with van der Waals surface area (Å²) in [5.41, 5.74) is 3.93. The first-order valence-electron chi connectivity index (χ1n) is 16.4. The molecule has 3 heterocycles. The van der Waals surface area contributed by atoms with Crippen molar-refractivity contribution in [3.63, 3.8) is 0 Å². The normalized spacial score (nSPS) is 21.1. The molecule has 8 nitrogen and oxygen atoms in total. The first kappa shape index (κ1) is 30.2. The van der Waals surface area contributed by atoms with Crippen LogP contribution in [0.5, 0.6) is 0 Å². The van der Waals surface area contributed by atoms with Gasteiger partial charge in [0.15, 0.2) is 0 Å². The van der Waals surface area contributed by atoms with Crippen molar-refractivity contribution in [2.75, 3.05) is 26.2 Å². The summed E-state index contributed by atoms with van der Waals surface area (Å²) >= 11 is 0. The molecule has 44 heavy (non-hydrogen) atoms. The molecule has 6 rings (SSSR count). The summed E-state index contributed by atoms with van der Waals surface area (Å²) in [6, 6.07) is 15.5. The maximum atomic E-state index is 14.3. The van der Waals surface area contributed by atoms with Gasteiger partial charge in [-0.2, -0.15) is 0 Å². The second kappa shape index (κ2) is 11.9. The van der Waals surface area contributed by atoms with E-state index in [0.29, 0.717) is 13.1 Å². The molecule has 4 amide bonds. The number of urea groups is 1. The molecule has 3 atom stereocenters. The smallest absolute Gasteiger partial charge is 0.315 e. The number of hydrogen-bond acceptors (Lipinski definition) is 3. The summed E-state index contributed by atoms with van der Waals surface area (Å²) in [5, 5.41) is 7.08. The number of carbonyl (C=O) groups excluding carboxylic acids is 3. The Balaban J connectivity index is 1.22. The average Bonchev–Trinajstić information content (AvgIpc) is 3.59. The SMILES string of the molecule is CC(c1c[nH]c2ccccc12)C(NC(=O)NC(C)(C)C)C(=O)N1CCC2(CC1)CC(C(=O)N1CCCCC1)c1ccccc12. The van der Waals surface area contributed by atoms with E-state index in [-0.39, 0.29) is 35.1 Å². The number of fused-ring (bicyclic) bond motifs is 3. The number of aromatic nitrogens is 1. The number of nitrogens with one attached hydrogen (secondary N) is 3. The molecule has 1 aromatic heterocycles. The molecule has 0 radical (unpaired) electrons. The fourth-order valence-corrected chi connectivity index (χ4v) is 7.84. The van der Waals surface area contributed by atoms with Crippen LogP contribution in [0.15, 0.2) is 54.7 Å². The first-order valence-corrected chi connectivity index (χ1v) is 16.4. The lowest BCUT2D eigenvalue weighted by atomic mass is 9.73. The lowest BCUT2D eigenvalue weighted by Gasteiger charge is -2.42. The molecule has 2 aliphatic heterocycles. The Bertz CT molecular complexity index is 1520. The standard InChI is InChI=1S/C36H47N5O3/c1-24(28-23-37-30-15-9-7-13-26(28)30)31(38-34(44)39-35(2,3)4)33(43)41-20-16-36(17-21-41)22-27(25-12-6-8-14-29(25)36)32(42)40-18-10-5-11-19-40/h6-9,12-15,23-24,27,31,37H,5,10-11,16-22H2,1-4H3,(H2,38,39,44). The highest BCUT2D eigenvalue weighted by Gasteiger charge is 2.49. The minimum atomic E-state index is -0.727. The van der Waals surface area contributed by atoms with Crippen molar-refractivity contribution in [1.29, 1.82) is 0 Å². The van der Waals surface area contributed by atoms with Crippen LogP contribution in [-0.2, 0) is 15.0 Å². The fourth-order valence-electron chi connectivity index (χ4n) is 7.84. The van der Waals surface area contributed by atoms with E-state index < -0.39 is 11.6 Å². The second-order valence-electron chi connectivity index (χ2n) is 14.2. The second-order valence-corrected chi connectivity index (χ2v) is 14.2. The van der Waals surface area contributed by atoms with Gasteiger partial charge >= 0.3 is 6.03 Å². The Morgan fingerprint density at radius 2 is 1.59 bits per heavy atom. The zero-order valence-corrected chi connectivity index (χ0v) is 26.6. The van der Waals surface area contributed by atoms with Crippen LogP contribution in [0, 0.1) is 0 Å². The molecule has 2 aromatic carbocycles. The molecular formula is C36H47N5O3. The van der Waals surface area contributed by atoms with Crippen molar-refractivity contribution < 1.29 is 14.4 Å². The van der Waals surface area contributed by atoms with Gasteiger partial charge < -0.3 is 25.4 Å². The fraction of sp³-hybridized carbons (Fsp3) is 0.528. The van der Waals surface area contributed by atoms with E-state index >= 15 is 0 Å². The summed E-state index contributed by atoms with van der Waals surface area (Å²) in [5.74, 6) is -0.147. The molecule has 3 aromatic rings. The zero-order chi connectivity index (χ0) is 31.1. The van der Waals surface area contributed by atoms with Crippen LogP contribution in [0.25, 0.3) is 10.9 Å². The maximum Gasteiger partial charge on any atom is 0.315 e. The van der Waals surface area contributed by atoms with Gasteiger partial charge in [0.1, 0.15) is 6.04 Å². The van der Waals surface area contributed by atoms with Gasteiger partial charge in [0.05, 0.1) is 5.92 Å². The molecule has 8 heteroatoms. The molecule has 0 saturated carbocycles. The third-order valence-corrected chi connectivity index (χ3v) is 10.2.